The zero-order valence-corrected chi connectivity index (χ0v) is 11.7. The summed E-state index contributed by atoms with van der Waals surface area (Å²) >= 11 is 0. The molecular weight excluding hydrogens is 244 g/mol. The summed E-state index contributed by atoms with van der Waals surface area (Å²) in [6.45, 7) is 4.40. The van der Waals surface area contributed by atoms with Gasteiger partial charge >= 0.3 is 11.9 Å². The number of carbonyl (C=O) groups excluding carboxylic acids is 2. The molecule has 0 heterocycles. The number of carbonyl (C=O) groups is 2. The van der Waals surface area contributed by atoms with Gasteiger partial charge in [-0.2, -0.15) is 0 Å². The fourth-order valence-corrected chi connectivity index (χ4v) is 4.77. The van der Waals surface area contributed by atoms with E-state index in [0.29, 0.717) is 25.0 Å². The van der Waals surface area contributed by atoms with Crippen molar-refractivity contribution in [2.45, 2.75) is 39.5 Å². The average Bonchev–Trinajstić information content (AvgIpc) is 3.04. The van der Waals surface area contributed by atoms with Gasteiger partial charge in [0, 0.05) is 0 Å². The molecule has 0 amide bonds. The van der Waals surface area contributed by atoms with E-state index in [1.807, 2.05) is 13.8 Å². The maximum atomic E-state index is 12.2. The third-order valence-corrected chi connectivity index (χ3v) is 5.46. The molecule has 3 fully saturated rings. The highest BCUT2D eigenvalue weighted by molar-refractivity contribution is 5.84. The van der Waals surface area contributed by atoms with Crippen LogP contribution in [0.2, 0.25) is 0 Å². The van der Waals surface area contributed by atoms with Crippen molar-refractivity contribution in [2.75, 3.05) is 13.2 Å². The van der Waals surface area contributed by atoms with E-state index in [1.165, 1.54) is 12.8 Å². The normalized spacial score (nSPS) is 37.4. The second-order valence-electron chi connectivity index (χ2n) is 6.08. The SMILES string of the molecule is CCOC(=O)C1C(C(=O)OCC)C2CCC1C21CC1. The number of ether oxygens (including phenoxy) is 2. The Kier molecular flexibility index (Phi) is 3.06. The predicted octanol–water partition coefficient (Wildman–Crippen LogP) is 2.17. The van der Waals surface area contributed by atoms with E-state index < -0.39 is 0 Å². The fraction of sp³-hybridized carbons (Fsp3) is 0.867. The quantitative estimate of drug-likeness (QED) is 0.732. The Morgan fingerprint density at radius 2 is 1.37 bits per heavy atom. The second-order valence-corrected chi connectivity index (χ2v) is 6.08. The molecule has 2 bridgehead atoms. The molecule has 19 heavy (non-hydrogen) atoms. The molecule has 4 heteroatoms. The Hall–Kier alpha value is -1.06. The number of hydrogen-bond acceptors (Lipinski definition) is 4. The molecule has 3 saturated carbocycles. The zero-order chi connectivity index (χ0) is 13.6. The summed E-state index contributed by atoms with van der Waals surface area (Å²) in [6.07, 6.45) is 4.50. The van der Waals surface area contributed by atoms with E-state index in [0.717, 1.165) is 12.8 Å². The minimum absolute atomic E-state index is 0.181. The minimum atomic E-state index is -0.250. The van der Waals surface area contributed by atoms with Crippen LogP contribution in [0.1, 0.15) is 39.5 Å². The third kappa shape index (κ3) is 1.72. The van der Waals surface area contributed by atoms with Gasteiger partial charge in [0.2, 0.25) is 0 Å². The van der Waals surface area contributed by atoms with Crippen molar-refractivity contribution in [3.63, 3.8) is 0 Å². The Balaban J connectivity index is 1.87. The van der Waals surface area contributed by atoms with Crippen LogP contribution in [-0.4, -0.2) is 25.2 Å². The lowest BCUT2D eigenvalue weighted by Crippen LogP contribution is -2.36. The standard InChI is InChI=1S/C15H22O4/c1-3-18-13(16)11-9-5-6-10(15(9)7-8-15)12(11)14(17)19-4-2/h9-12H,3-8H2,1-2H3. The molecule has 4 nitrogen and oxygen atoms in total. The first-order chi connectivity index (χ1) is 9.15. The second kappa shape index (κ2) is 4.50. The lowest BCUT2D eigenvalue weighted by molar-refractivity contribution is -0.162. The molecule has 0 aliphatic heterocycles. The summed E-state index contributed by atoms with van der Waals surface area (Å²) in [5.74, 6) is -0.157. The summed E-state index contributed by atoms with van der Waals surface area (Å²) in [5, 5.41) is 0. The van der Waals surface area contributed by atoms with Crippen LogP contribution in [0, 0.1) is 29.1 Å². The van der Waals surface area contributed by atoms with E-state index in [1.54, 1.807) is 0 Å². The van der Waals surface area contributed by atoms with Crippen LogP contribution in [0.3, 0.4) is 0 Å². The van der Waals surface area contributed by atoms with E-state index >= 15 is 0 Å². The summed E-state index contributed by atoms with van der Waals surface area (Å²) in [7, 11) is 0. The van der Waals surface area contributed by atoms with E-state index in [-0.39, 0.29) is 29.2 Å². The molecule has 0 N–H and O–H groups in total. The highest BCUT2D eigenvalue weighted by Crippen LogP contribution is 2.74. The molecule has 0 aromatic heterocycles. The lowest BCUT2D eigenvalue weighted by Gasteiger charge is -2.27. The van der Waals surface area contributed by atoms with Gasteiger partial charge in [-0.15, -0.1) is 0 Å². The Morgan fingerprint density at radius 3 is 1.68 bits per heavy atom. The highest BCUT2D eigenvalue weighted by Gasteiger charge is 2.72. The maximum absolute atomic E-state index is 12.2. The number of rotatable bonds is 4. The van der Waals surface area contributed by atoms with E-state index in [9.17, 15) is 9.59 Å². The number of hydrogen-bond donors (Lipinski definition) is 0. The molecule has 0 aromatic rings. The molecule has 4 unspecified atom stereocenters. The van der Waals surface area contributed by atoms with Crippen LogP contribution >= 0.6 is 0 Å². The molecular formula is C15H22O4. The van der Waals surface area contributed by atoms with Gasteiger partial charge in [0.25, 0.3) is 0 Å². The van der Waals surface area contributed by atoms with Crippen LogP contribution in [0.4, 0.5) is 0 Å². The van der Waals surface area contributed by atoms with E-state index in [2.05, 4.69) is 0 Å². The van der Waals surface area contributed by atoms with Gasteiger partial charge in [-0.25, -0.2) is 0 Å². The molecule has 1 spiro atoms. The molecule has 0 aromatic carbocycles. The summed E-state index contributed by atoms with van der Waals surface area (Å²) in [5.41, 5.74) is 0.273. The highest BCUT2D eigenvalue weighted by atomic mass is 16.5. The smallest absolute Gasteiger partial charge is 0.310 e. The summed E-state index contributed by atoms with van der Waals surface area (Å²) < 4.78 is 10.4. The van der Waals surface area contributed by atoms with Gasteiger partial charge in [-0.05, 0) is 56.8 Å². The molecule has 3 rings (SSSR count). The van der Waals surface area contributed by atoms with Gasteiger partial charge in [-0.3, -0.25) is 9.59 Å². The minimum Gasteiger partial charge on any atom is -0.466 e. The van der Waals surface area contributed by atoms with Gasteiger partial charge in [0.15, 0.2) is 0 Å². The van der Waals surface area contributed by atoms with Crippen molar-refractivity contribution < 1.29 is 19.1 Å². The van der Waals surface area contributed by atoms with Crippen LogP contribution in [0.5, 0.6) is 0 Å². The van der Waals surface area contributed by atoms with Crippen molar-refractivity contribution in [1.82, 2.24) is 0 Å². The van der Waals surface area contributed by atoms with Gasteiger partial charge in [0.05, 0.1) is 25.0 Å². The number of esters is 2. The first-order valence-electron chi connectivity index (χ1n) is 7.49. The van der Waals surface area contributed by atoms with Crippen molar-refractivity contribution in [2.24, 2.45) is 29.1 Å². The first kappa shape index (κ1) is 12.9. The lowest BCUT2D eigenvalue weighted by atomic mass is 9.79. The molecule has 0 saturated heterocycles. The average molecular weight is 266 g/mol. The van der Waals surface area contributed by atoms with E-state index in [4.69, 9.17) is 9.47 Å². The van der Waals surface area contributed by atoms with Gasteiger partial charge in [-0.1, -0.05) is 0 Å². The Bertz CT molecular complexity index is 365. The van der Waals surface area contributed by atoms with Crippen molar-refractivity contribution in [1.29, 1.82) is 0 Å². The van der Waals surface area contributed by atoms with Crippen LogP contribution in [0.25, 0.3) is 0 Å². The van der Waals surface area contributed by atoms with Crippen LogP contribution in [-0.2, 0) is 19.1 Å². The largest absolute Gasteiger partial charge is 0.466 e. The van der Waals surface area contributed by atoms with Gasteiger partial charge in [0.1, 0.15) is 0 Å². The predicted molar refractivity (Wildman–Crippen MR) is 68.1 cm³/mol. The van der Waals surface area contributed by atoms with Gasteiger partial charge < -0.3 is 9.47 Å². The fourth-order valence-electron chi connectivity index (χ4n) is 4.77. The topological polar surface area (TPSA) is 52.6 Å². The Morgan fingerprint density at radius 1 is 0.947 bits per heavy atom. The molecule has 0 radical (unpaired) electrons. The van der Waals surface area contributed by atoms with Crippen LogP contribution in [0.15, 0.2) is 0 Å². The zero-order valence-electron chi connectivity index (χ0n) is 11.7. The van der Waals surface area contributed by atoms with Crippen molar-refractivity contribution >= 4 is 11.9 Å². The van der Waals surface area contributed by atoms with Crippen molar-refractivity contribution in [3.8, 4) is 0 Å². The van der Waals surface area contributed by atoms with Crippen LogP contribution < -0.4 is 0 Å². The summed E-state index contributed by atoms with van der Waals surface area (Å²) in [6, 6.07) is 0. The Labute approximate surface area is 113 Å². The molecule has 4 atom stereocenters. The first-order valence-corrected chi connectivity index (χ1v) is 7.49. The third-order valence-electron chi connectivity index (χ3n) is 5.46. The summed E-state index contributed by atoms with van der Waals surface area (Å²) in [4.78, 5) is 24.5. The molecule has 3 aliphatic rings. The van der Waals surface area contributed by atoms with Crippen molar-refractivity contribution in [3.05, 3.63) is 0 Å². The monoisotopic (exact) mass is 266 g/mol. The maximum Gasteiger partial charge on any atom is 0.310 e. The molecule has 106 valence electrons. The molecule has 3 aliphatic carbocycles.